The molecule has 0 aliphatic carbocycles. The number of tetrazole rings is 1. The monoisotopic (exact) mass is 1030 g/mol. The maximum atomic E-state index is 16.2. The molecule has 72 heavy (non-hydrogen) atoms. The molecule has 0 bridgehead atoms. The van der Waals surface area contributed by atoms with E-state index in [0.717, 1.165) is 9.87 Å². The number of carbonyl (C=O) groups is 2. The Morgan fingerprint density at radius 3 is 1.82 bits per heavy atom. The third-order valence-corrected chi connectivity index (χ3v) is 14.6. The number of methoxy groups -OCH3 is 3. The number of ether oxygens (including phenoxy) is 5. The summed E-state index contributed by atoms with van der Waals surface area (Å²) >= 11 is 0. The molecule has 0 spiro atoms. The van der Waals surface area contributed by atoms with Crippen LogP contribution < -0.4 is 24.2 Å². The highest BCUT2D eigenvalue weighted by atomic mass is 32.2. The number of pyridine rings is 1. The van der Waals surface area contributed by atoms with Gasteiger partial charge in [-0.1, -0.05) is 48.5 Å². The molecule has 0 saturated carbocycles. The Morgan fingerprint density at radius 1 is 0.722 bits per heavy atom. The summed E-state index contributed by atoms with van der Waals surface area (Å²) in [7, 11) is -5.26. The number of amides is 2. The molecule has 2 N–H and O–H groups in total. The molecule has 7 rings (SSSR count). The van der Waals surface area contributed by atoms with Crippen molar-refractivity contribution in [2.24, 2.45) is 0 Å². The number of hydrogen-bond donors (Lipinski definition) is 2. The summed E-state index contributed by atoms with van der Waals surface area (Å²) in [5.41, 5.74) is 0.140. The third kappa shape index (κ3) is 13.2. The van der Waals surface area contributed by atoms with Crippen molar-refractivity contribution >= 4 is 38.1 Å². The summed E-state index contributed by atoms with van der Waals surface area (Å²) in [6, 6.07) is 27.2. The van der Waals surface area contributed by atoms with E-state index in [1.54, 1.807) is 134 Å². The Kier molecular flexibility index (Phi) is 15.9. The Hall–Kier alpha value is -7.14. The van der Waals surface area contributed by atoms with Crippen LogP contribution in [0.15, 0.2) is 113 Å². The molecule has 2 amide bonds. The first-order chi connectivity index (χ1) is 34.0. The van der Waals surface area contributed by atoms with Gasteiger partial charge in [0, 0.05) is 37.8 Å². The largest absolute Gasteiger partial charge is 0.497 e. The van der Waals surface area contributed by atoms with E-state index in [0.29, 0.717) is 28.4 Å². The number of sulfonamides is 2. The Labute approximate surface area is 419 Å². The van der Waals surface area contributed by atoms with Crippen molar-refractivity contribution in [3.05, 3.63) is 120 Å². The molecule has 22 heteroatoms. The number of aromatic nitrogens is 5. The number of likely N-dealkylation sites (tertiary alicyclic amines) is 1. The average Bonchev–Trinajstić information content (AvgIpc) is 4.00. The van der Waals surface area contributed by atoms with Crippen LogP contribution in [0.25, 0.3) is 22.6 Å². The predicted octanol–water partition coefficient (Wildman–Crippen LogP) is 7.50. The van der Waals surface area contributed by atoms with Crippen molar-refractivity contribution in [2.75, 3.05) is 39.7 Å². The van der Waals surface area contributed by atoms with Crippen LogP contribution in [0.5, 0.6) is 17.2 Å². The molecule has 2 aromatic heterocycles. The number of nitrogens with one attached hydrogen (secondary N) is 2. The average molecular weight is 1030 g/mol. The van der Waals surface area contributed by atoms with Gasteiger partial charge in [-0.25, -0.2) is 36.1 Å². The SMILES string of the molecule is COc1ccc(CN(Cc2ccc(OC)cc2)S(=O)(=O)c2c(S(=O)(=O)N[C@@H]3CCN(C(=O)OC(C)(C)C)C3)ccc(-c3cccc(NC(=O)OC(C)(C)C)n3)c2-c2nnn(Cc3ccc(OC)cc3)n2)cc1. The highest BCUT2D eigenvalue weighted by Crippen LogP contribution is 2.41. The lowest BCUT2D eigenvalue weighted by Crippen LogP contribution is -2.41. The van der Waals surface area contributed by atoms with Crippen LogP contribution in [0, 0.1) is 0 Å². The molecule has 0 radical (unpaired) electrons. The van der Waals surface area contributed by atoms with Crippen molar-refractivity contribution in [1.82, 2.24) is 39.1 Å². The van der Waals surface area contributed by atoms with E-state index < -0.39 is 59.3 Å². The second kappa shape index (κ2) is 21.7. The van der Waals surface area contributed by atoms with Gasteiger partial charge in [0.25, 0.3) is 0 Å². The third-order valence-electron chi connectivity index (χ3n) is 11.0. The van der Waals surface area contributed by atoms with Gasteiger partial charge in [0.15, 0.2) is 0 Å². The number of hydrogen-bond acceptors (Lipinski definition) is 15. The highest BCUT2D eigenvalue weighted by Gasteiger charge is 2.40. The summed E-state index contributed by atoms with van der Waals surface area (Å²) in [6.45, 7) is 10.0. The molecule has 382 valence electrons. The van der Waals surface area contributed by atoms with Crippen LogP contribution >= 0.6 is 0 Å². The number of carbonyl (C=O) groups excluding carboxylic acids is 2. The fourth-order valence-corrected chi connectivity index (χ4v) is 11.4. The van der Waals surface area contributed by atoms with E-state index in [4.69, 9.17) is 33.8 Å². The van der Waals surface area contributed by atoms with Crippen LogP contribution in [0.4, 0.5) is 15.4 Å². The van der Waals surface area contributed by atoms with Gasteiger partial charge in [0.2, 0.25) is 25.9 Å². The minimum atomic E-state index is -5.02. The molecule has 0 unspecified atom stereocenters. The van der Waals surface area contributed by atoms with Crippen molar-refractivity contribution < 1.29 is 50.1 Å². The van der Waals surface area contributed by atoms with Gasteiger partial charge < -0.3 is 28.6 Å². The van der Waals surface area contributed by atoms with E-state index in [9.17, 15) is 9.59 Å². The fourth-order valence-electron chi connectivity index (χ4n) is 7.69. The summed E-state index contributed by atoms with van der Waals surface area (Å²) < 4.78 is 93.7. The van der Waals surface area contributed by atoms with Crippen LogP contribution in [-0.2, 0) is 49.2 Å². The van der Waals surface area contributed by atoms with Crippen LogP contribution in [-0.4, -0.2) is 115 Å². The second-order valence-electron chi connectivity index (χ2n) is 18.8. The standard InChI is InChI=1S/C50H59N9O11S2/c1-49(2,3)69-47(60)52-43-12-10-11-41(51-43)40-25-26-42(71(62,63)55-36-27-28-57(32-36)48(61)70-50(4,5)6)45(44(40)46-53-56-59(54-46)31-35-17-23-39(68-9)24-18-35)72(64,65)58(29-33-13-19-37(66-7)20-14-33)30-34-15-21-38(67-8)22-16-34/h10-26,36,55H,27-32H2,1-9H3,(H,51,52,60)/t36-/m1/s1. The maximum absolute atomic E-state index is 16.2. The van der Waals surface area contributed by atoms with Crippen molar-refractivity contribution in [1.29, 1.82) is 0 Å². The lowest BCUT2D eigenvalue weighted by Gasteiger charge is -2.27. The zero-order valence-electron chi connectivity index (χ0n) is 41.6. The van der Waals surface area contributed by atoms with Gasteiger partial charge in [0.05, 0.1) is 39.1 Å². The van der Waals surface area contributed by atoms with E-state index >= 15 is 16.8 Å². The number of anilines is 1. The minimum Gasteiger partial charge on any atom is -0.497 e. The summed E-state index contributed by atoms with van der Waals surface area (Å²) in [4.78, 5) is 32.1. The van der Waals surface area contributed by atoms with Crippen LogP contribution in [0.1, 0.15) is 64.7 Å². The molecular weight excluding hydrogens is 967 g/mol. The quantitative estimate of drug-likeness (QED) is 0.0900. The van der Waals surface area contributed by atoms with E-state index in [-0.39, 0.29) is 67.6 Å². The Balaban J connectivity index is 1.45. The van der Waals surface area contributed by atoms with E-state index in [2.05, 4.69) is 20.4 Å². The molecule has 4 aromatic carbocycles. The fraction of sp³-hybridized carbons (Fsp3) is 0.360. The van der Waals surface area contributed by atoms with Gasteiger partial charge in [-0.05, 0) is 124 Å². The van der Waals surface area contributed by atoms with Crippen molar-refractivity contribution in [2.45, 2.75) is 94.6 Å². The maximum Gasteiger partial charge on any atom is 0.413 e. The van der Waals surface area contributed by atoms with Gasteiger partial charge in [-0.15, -0.1) is 10.2 Å². The van der Waals surface area contributed by atoms with Crippen LogP contribution in [0.3, 0.4) is 0 Å². The predicted molar refractivity (Wildman–Crippen MR) is 267 cm³/mol. The molecule has 1 saturated heterocycles. The smallest absolute Gasteiger partial charge is 0.413 e. The lowest BCUT2D eigenvalue weighted by atomic mass is 10.0. The highest BCUT2D eigenvalue weighted by molar-refractivity contribution is 7.92. The van der Waals surface area contributed by atoms with E-state index in [1.165, 1.54) is 42.1 Å². The van der Waals surface area contributed by atoms with Gasteiger partial charge in [-0.3, -0.25) is 5.32 Å². The van der Waals surface area contributed by atoms with Gasteiger partial charge >= 0.3 is 12.2 Å². The van der Waals surface area contributed by atoms with Gasteiger partial charge in [0.1, 0.15) is 44.1 Å². The van der Waals surface area contributed by atoms with Gasteiger partial charge in [-0.2, -0.15) is 9.10 Å². The molecule has 1 aliphatic rings. The second-order valence-corrected chi connectivity index (χ2v) is 22.4. The summed E-state index contributed by atoms with van der Waals surface area (Å²) in [5, 5.41) is 16.0. The Bertz CT molecular complexity index is 3050. The van der Waals surface area contributed by atoms with Crippen molar-refractivity contribution in [3.63, 3.8) is 0 Å². The molecule has 1 aliphatic heterocycles. The molecule has 1 atom stereocenters. The molecule has 6 aromatic rings. The zero-order valence-corrected chi connectivity index (χ0v) is 43.2. The normalized spacial score (nSPS) is 14.2. The van der Waals surface area contributed by atoms with Crippen LogP contribution in [0.2, 0.25) is 0 Å². The molecule has 3 heterocycles. The first kappa shape index (κ1) is 52.7. The molecule has 1 fully saturated rings. The van der Waals surface area contributed by atoms with E-state index in [1.807, 2.05) is 0 Å². The molecular formula is C50H59N9O11S2. The Morgan fingerprint density at radius 2 is 1.28 bits per heavy atom. The molecule has 20 nitrogen and oxygen atoms in total. The first-order valence-corrected chi connectivity index (χ1v) is 25.8. The lowest BCUT2D eigenvalue weighted by molar-refractivity contribution is 0.0291. The number of benzene rings is 4. The number of nitrogens with zero attached hydrogens (tertiary/aromatic N) is 7. The zero-order chi connectivity index (χ0) is 52.0. The van der Waals surface area contributed by atoms with Crippen molar-refractivity contribution in [3.8, 4) is 39.9 Å². The topological polar surface area (TPSA) is 236 Å². The summed E-state index contributed by atoms with van der Waals surface area (Å²) in [6.07, 6.45) is -1.21. The number of rotatable bonds is 17. The first-order valence-electron chi connectivity index (χ1n) is 22.9. The minimum absolute atomic E-state index is 0.0444. The summed E-state index contributed by atoms with van der Waals surface area (Å²) in [5.74, 6) is 1.48.